The fraction of sp³-hybridized carbons (Fsp3) is 0.500. The summed E-state index contributed by atoms with van der Waals surface area (Å²) in [6.07, 6.45) is -4.96. The summed E-state index contributed by atoms with van der Waals surface area (Å²) < 4.78 is 36.8. The highest BCUT2D eigenvalue weighted by Crippen LogP contribution is 2.21. The second-order valence-electron chi connectivity index (χ2n) is 3.55. The topological polar surface area (TPSA) is 24.9 Å². The van der Waals surface area contributed by atoms with Gasteiger partial charge in [-0.05, 0) is 35.0 Å². The van der Waals surface area contributed by atoms with Gasteiger partial charge in [-0.2, -0.15) is 13.2 Å². The molecule has 90 valence electrons. The maximum absolute atomic E-state index is 12.0. The third kappa shape index (κ3) is 5.46. The third-order valence-electron chi connectivity index (χ3n) is 1.94. The SMILES string of the molecule is CC(CC(F)(F)F)NCc1cccc(Br)n1. The van der Waals surface area contributed by atoms with Gasteiger partial charge in [-0.3, -0.25) is 0 Å². The number of hydrogen-bond acceptors (Lipinski definition) is 2. The van der Waals surface area contributed by atoms with Gasteiger partial charge in [0.2, 0.25) is 0 Å². The van der Waals surface area contributed by atoms with Crippen LogP contribution in [0.1, 0.15) is 19.0 Å². The van der Waals surface area contributed by atoms with Crippen LogP contribution >= 0.6 is 15.9 Å². The van der Waals surface area contributed by atoms with Gasteiger partial charge >= 0.3 is 6.18 Å². The Kier molecular flexibility index (Phi) is 4.73. The highest BCUT2D eigenvalue weighted by Gasteiger charge is 2.29. The number of halogens is 4. The fourth-order valence-electron chi connectivity index (χ4n) is 1.25. The molecule has 0 aromatic carbocycles. The number of pyridine rings is 1. The van der Waals surface area contributed by atoms with Crippen molar-refractivity contribution in [3.05, 3.63) is 28.5 Å². The van der Waals surface area contributed by atoms with Crippen molar-refractivity contribution in [1.29, 1.82) is 0 Å². The zero-order valence-corrected chi connectivity index (χ0v) is 10.3. The molecular formula is C10H12BrF3N2. The van der Waals surface area contributed by atoms with Crippen LogP contribution in [0.25, 0.3) is 0 Å². The van der Waals surface area contributed by atoms with Crippen molar-refractivity contribution in [2.75, 3.05) is 0 Å². The van der Waals surface area contributed by atoms with Gasteiger partial charge in [0.25, 0.3) is 0 Å². The molecule has 1 N–H and O–H groups in total. The monoisotopic (exact) mass is 296 g/mol. The summed E-state index contributed by atoms with van der Waals surface area (Å²) in [5, 5.41) is 2.78. The van der Waals surface area contributed by atoms with E-state index in [-0.39, 0.29) is 0 Å². The summed E-state index contributed by atoms with van der Waals surface area (Å²) >= 11 is 3.20. The first kappa shape index (κ1) is 13.4. The maximum Gasteiger partial charge on any atom is 0.390 e. The number of nitrogens with zero attached hydrogens (tertiary/aromatic N) is 1. The van der Waals surface area contributed by atoms with Crippen molar-refractivity contribution in [1.82, 2.24) is 10.3 Å². The maximum atomic E-state index is 12.0. The van der Waals surface area contributed by atoms with Crippen LogP contribution in [0.5, 0.6) is 0 Å². The van der Waals surface area contributed by atoms with E-state index in [0.717, 1.165) is 0 Å². The first-order valence-corrected chi connectivity index (χ1v) is 5.58. The van der Waals surface area contributed by atoms with Crippen molar-refractivity contribution in [3.8, 4) is 0 Å². The molecule has 0 spiro atoms. The van der Waals surface area contributed by atoms with Gasteiger partial charge < -0.3 is 5.32 Å². The van der Waals surface area contributed by atoms with Crippen LogP contribution in [0.4, 0.5) is 13.2 Å². The molecule has 2 nitrogen and oxygen atoms in total. The quantitative estimate of drug-likeness (QED) is 0.863. The lowest BCUT2D eigenvalue weighted by Gasteiger charge is -2.15. The molecular weight excluding hydrogens is 285 g/mol. The smallest absolute Gasteiger partial charge is 0.308 e. The summed E-state index contributed by atoms with van der Waals surface area (Å²) in [5.41, 5.74) is 0.711. The van der Waals surface area contributed by atoms with Crippen molar-refractivity contribution in [3.63, 3.8) is 0 Å². The zero-order valence-electron chi connectivity index (χ0n) is 8.68. The minimum absolute atomic E-state index is 0.330. The standard InChI is InChI=1S/C10H12BrF3N2/c1-7(5-10(12,13)14)15-6-8-3-2-4-9(11)16-8/h2-4,7,15H,5-6H2,1H3. The summed E-state index contributed by atoms with van der Waals surface area (Å²) in [7, 11) is 0. The van der Waals surface area contributed by atoms with Gasteiger partial charge in [0.15, 0.2) is 0 Å². The van der Waals surface area contributed by atoms with Crippen molar-refractivity contribution >= 4 is 15.9 Å². The van der Waals surface area contributed by atoms with Crippen LogP contribution < -0.4 is 5.32 Å². The summed E-state index contributed by atoms with van der Waals surface area (Å²) in [6.45, 7) is 1.84. The fourth-order valence-corrected chi connectivity index (χ4v) is 1.63. The average molecular weight is 297 g/mol. The summed E-state index contributed by atoms with van der Waals surface area (Å²) in [6, 6.07) is 4.71. The van der Waals surface area contributed by atoms with E-state index in [2.05, 4.69) is 26.2 Å². The molecule has 1 aromatic rings. The van der Waals surface area contributed by atoms with Crippen LogP contribution in [0.15, 0.2) is 22.8 Å². The van der Waals surface area contributed by atoms with Gasteiger partial charge in [0, 0.05) is 12.6 Å². The molecule has 1 rings (SSSR count). The van der Waals surface area contributed by atoms with Gasteiger partial charge in [-0.1, -0.05) is 6.07 Å². The molecule has 0 aliphatic heterocycles. The number of hydrogen-bond donors (Lipinski definition) is 1. The lowest BCUT2D eigenvalue weighted by molar-refractivity contribution is -0.139. The molecule has 6 heteroatoms. The van der Waals surface area contributed by atoms with E-state index in [4.69, 9.17) is 0 Å². The largest absolute Gasteiger partial charge is 0.390 e. The van der Waals surface area contributed by atoms with E-state index >= 15 is 0 Å². The van der Waals surface area contributed by atoms with Gasteiger partial charge in [-0.25, -0.2) is 4.98 Å². The Hall–Kier alpha value is -0.620. The van der Waals surface area contributed by atoms with Crippen LogP contribution in [0, 0.1) is 0 Å². The normalized spacial score (nSPS) is 13.8. The molecule has 1 atom stereocenters. The minimum atomic E-state index is -4.13. The van der Waals surface area contributed by atoms with Crippen molar-refractivity contribution in [2.24, 2.45) is 0 Å². The van der Waals surface area contributed by atoms with Crippen LogP contribution in [-0.4, -0.2) is 17.2 Å². The predicted molar refractivity (Wildman–Crippen MR) is 58.9 cm³/mol. The third-order valence-corrected chi connectivity index (χ3v) is 2.38. The lowest BCUT2D eigenvalue weighted by Crippen LogP contribution is -2.30. The molecule has 1 unspecified atom stereocenters. The highest BCUT2D eigenvalue weighted by atomic mass is 79.9. The second kappa shape index (κ2) is 5.63. The first-order valence-electron chi connectivity index (χ1n) is 4.78. The molecule has 0 amide bonds. The molecule has 0 saturated carbocycles. The molecule has 0 aliphatic carbocycles. The average Bonchev–Trinajstić information content (AvgIpc) is 2.12. The zero-order chi connectivity index (χ0) is 12.2. The number of alkyl halides is 3. The van der Waals surface area contributed by atoms with Crippen LogP contribution in [-0.2, 0) is 6.54 Å². The van der Waals surface area contributed by atoms with E-state index in [1.54, 1.807) is 18.2 Å². The molecule has 0 fully saturated rings. The van der Waals surface area contributed by atoms with Gasteiger partial charge in [-0.15, -0.1) is 0 Å². The summed E-state index contributed by atoms with van der Waals surface area (Å²) in [4.78, 5) is 4.11. The molecule has 0 aliphatic rings. The molecule has 0 radical (unpaired) electrons. The Bertz CT molecular complexity index is 341. The van der Waals surface area contributed by atoms with Gasteiger partial charge in [0.1, 0.15) is 4.60 Å². The van der Waals surface area contributed by atoms with Crippen LogP contribution in [0.3, 0.4) is 0 Å². The van der Waals surface area contributed by atoms with Crippen LogP contribution in [0.2, 0.25) is 0 Å². The Morgan fingerprint density at radius 1 is 1.44 bits per heavy atom. The van der Waals surface area contributed by atoms with E-state index < -0.39 is 18.6 Å². The minimum Gasteiger partial charge on any atom is -0.308 e. The lowest BCUT2D eigenvalue weighted by atomic mass is 10.2. The van der Waals surface area contributed by atoms with E-state index in [1.807, 2.05) is 0 Å². The first-order chi connectivity index (χ1) is 7.37. The van der Waals surface area contributed by atoms with E-state index in [1.165, 1.54) is 6.92 Å². The Morgan fingerprint density at radius 3 is 2.69 bits per heavy atom. The Labute approximate surface area is 100 Å². The number of aromatic nitrogens is 1. The Morgan fingerprint density at radius 2 is 2.12 bits per heavy atom. The molecule has 0 bridgehead atoms. The number of rotatable bonds is 4. The summed E-state index contributed by atoms with van der Waals surface area (Å²) in [5.74, 6) is 0. The molecule has 1 heterocycles. The van der Waals surface area contributed by atoms with Crippen molar-refractivity contribution in [2.45, 2.75) is 32.1 Å². The highest BCUT2D eigenvalue weighted by molar-refractivity contribution is 9.10. The van der Waals surface area contributed by atoms with E-state index in [0.29, 0.717) is 16.8 Å². The van der Waals surface area contributed by atoms with Crippen molar-refractivity contribution < 1.29 is 13.2 Å². The number of nitrogens with one attached hydrogen (secondary N) is 1. The predicted octanol–water partition coefficient (Wildman–Crippen LogP) is 3.27. The van der Waals surface area contributed by atoms with Gasteiger partial charge in [0.05, 0.1) is 12.1 Å². The molecule has 16 heavy (non-hydrogen) atoms. The molecule has 0 saturated heterocycles. The Balaban J connectivity index is 2.40. The second-order valence-corrected chi connectivity index (χ2v) is 4.37. The van der Waals surface area contributed by atoms with E-state index in [9.17, 15) is 13.2 Å². The molecule has 1 aromatic heterocycles.